The third kappa shape index (κ3) is 4.74. The summed E-state index contributed by atoms with van der Waals surface area (Å²) in [4.78, 5) is 22.9. The van der Waals surface area contributed by atoms with Crippen molar-refractivity contribution in [3.05, 3.63) is 35.9 Å². The molecule has 1 aromatic rings. The summed E-state index contributed by atoms with van der Waals surface area (Å²) in [7, 11) is 1.29. The molecule has 5 heteroatoms. The maximum atomic E-state index is 11.7. The summed E-state index contributed by atoms with van der Waals surface area (Å²) in [5.74, 6) is -0.493. The molecule has 17 heavy (non-hydrogen) atoms. The van der Waals surface area contributed by atoms with Gasteiger partial charge in [0.05, 0.1) is 18.5 Å². The van der Waals surface area contributed by atoms with Gasteiger partial charge in [-0.05, 0) is 0 Å². The molecule has 0 saturated heterocycles. The quantitative estimate of drug-likeness (QED) is 0.486. The molecule has 0 aliphatic rings. The van der Waals surface area contributed by atoms with E-state index in [4.69, 9.17) is 12.2 Å². The van der Waals surface area contributed by atoms with Crippen LogP contribution in [-0.2, 0) is 9.53 Å². The van der Waals surface area contributed by atoms with Crippen LogP contribution in [0.3, 0.4) is 0 Å². The van der Waals surface area contributed by atoms with Crippen molar-refractivity contribution in [3.63, 3.8) is 0 Å². The van der Waals surface area contributed by atoms with Crippen LogP contribution in [-0.4, -0.2) is 30.4 Å². The summed E-state index contributed by atoms with van der Waals surface area (Å²) in [5.41, 5.74) is 0.606. The number of carbonyl (C=O) groups excluding carboxylic acids is 2. The highest BCUT2D eigenvalue weighted by molar-refractivity contribution is 7.80. The fraction of sp³-hybridized carbons (Fsp3) is 0.250. The molecule has 0 unspecified atom stereocenters. The molecule has 0 aliphatic carbocycles. The van der Waals surface area contributed by atoms with Crippen LogP contribution >= 0.6 is 12.2 Å². The van der Waals surface area contributed by atoms with Gasteiger partial charge < -0.3 is 10.1 Å². The molecule has 0 heterocycles. The number of esters is 1. The molecular formula is C12H13NO3S. The molecule has 0 atom stereocenters. The molecule has 1 rings (SSSR count). The summed E-state index contributed by atoms with van der Waals surface area (Å²) < 4.78 is 4.44. The number of hydrogen-bond acceptors (Lipinski definition) is 4. The second kappa shape index (κ2) is 6.75. The standard InChI is InChI=1S/C12H13NO3S/c1-16-12(15)8-13-11(17)7-10(14)9-5-3-2-4-6-9/h2-6H,7-8H2,1H3,(H,13,17). The lowest BCUT2D eigenvalue weighted by Gasteiger charge is -2.05. The molecule has 0 amide bonds. The van der Waals surface area contributed by atoms with Crippen LogP contribution in [0.15, 0.2) is 30.3 Å². The Bertz CT molecular complexity index is 417. The fourth-order valence-corrected chi connectivity index (χ4v) is 1.38. The van der Waals surface area contributed by atoms with Crippen LogP contribution in [0.2, 0.25) is 0 Å². The average molecular weight is 251 g/mol. The lowest BCUT2D eigenvalue weighted by Crippen LogP contribution is -2.30. The van der Waals surface area contributed by atoms with Gasteiger partial charge in [0, 0.05) is 5.56 Å². The van der Waals surface area contributed by atoms with Crippen LogP contribution in [0.25, 0.3) is 0 Å². The molecule has 1 N–H and O–H groups in total. The van der Waals surface area contributed by atoms with Gasteiger partial charge in [0.25, 0.3) is 0 Å². The monoisotopic (exact) mass is 251 g/mol. The summed E-state index contributed by atoms with van der Waals surface area (Å²) in [6.07, 6.45) is 0.0936. The van der Waals surface area contributed by atoms with Crippen molar-refractivity contribution in [1.82, 2.24) is 5.32 Å². The minimum atomic E-state index is -0.417. The first kappa shape index (κ1) is 13.3. The van der Waals surface area contributed by atoms with Gasteiger partial charge in [0.15, 0.2) is 5.78 Å². The predicted octanol–water partition coefficient (Wildman–Crippen LogP) is 1.35. The Morgan fingerprint density at radius 1 is 1.29 bits per heavy atom. The van der Waals surface area contributed by atoms with Crippen molar-refractivity contribution in [1.29, 1.82) is 0 Å². The number of nitrogens with one attached hydrogen (secondary N) is 1. The highest BCUT2D eigenvalue weighted by Crippen LogP contribution is 2.03. The molecule has 0 saturated carbocycles. The predicted molar refractivity (Wildman–Crippen MR) is 68.0 cm³/mol. The van der Waals surface area contributed by atoms with Crippen LogP contribution < -0.4 is 5.32 Å². The average Bonchev–Trinajstić information content (AvgIpc) is 2.36. The molecule has 1 aromatic carbocycles. The third-order valence-electron chi connectivity index (χ3n) is 2.07. The topological polar surface area (TPSA) is 55.4 Å². The summed E-state index contributed by atoms with van der Waals surface area (Å²) in [5, 5.41) is 2.67. The van der Waals surface area contributed by atoms with Gasteiger partial charge in [-0.2, -0.15) is 0 Å². The van der Waals surface area contributed by atoms with Crippen molar-refractivity contribution in [2.24, 2.45) is 0 Å². The van der Waals surface area contributed by atoms with Gasteiger partial charge >= 0.3 is 5.97 Å². The van der Waals surface area contributed by atoms with E-state index >= 15 is 0 Å². The lowest BCUT2D eigenvalue weighted by molar-refractivity contribution is -0.139. The zero-order valence-corrected chi connectivity index (χ0v) is 10.3. The largest absolute Gasteiger partial charge is 0.468 e. The van der Waals surface area contributed by atoms with Crippen molar-refractivity contribution in [3.8, 4) is 0 Å². The van der Waals surface area contributed by atoms with Crippen LogP contribution in [0.5, 0.6) is 0 Å². The Balaban J connectivity index is 2.42. The number of benzene rings is 1. The molecule has 0 fully saturated rings. The fourth-order valence-electron chi connectivity index (χ4n) is 1.18. The van der Waals surface area contributed by atoms with Crippen molar-refractivity contribution >= 4 is 29.0 Å². The highest BCUT2D eigenvalue weighted by atomic mass is 32.1. The van der Waals surface area contributed by atoms with E-state index in [1.54, 1.807) is 24.3 Å². The van der Waals surface area contributed by atoms with E-state index in [-0.39, 0.29) is 18.7 Å². The zero-order valence-electron chi connectivity index (χ0n) is 9.43. The van der Waals surface area contributed by atoms with Gasteiger partial charge in [-0.25, -0.2) is 0 Å². The number of hydrogen-bond donors (Lipinski definition) is 1. The third-order valence-corrected chi connectivity index (χ3v) is 2.36. The number of carbonyl (C=O) groups is 2. The van der Waals surface area contributed by atoms with Gasteiger partial charge in [0.1, 0.15) is 6.54 Å². The first-order valence-corrected chi connectivity index (χ1v) is 5.46. The molecular weight excluding hydrogens is 238 g/mol. The maximum absolute atomic E-state index is 11.7. The van der Waals surface area contributed by atoms with Crippen LogP contribution in [0.4, 0.5) is 0 Å². The highest BCUT2D eigenvalue weighted by Gasteiger charge is 2.09. The number of ether oxygens (including phenoxy) is 1. The second-order valence-corrected chi connectivity index (χ2v) is 3.81. The molecule has 90 valence electrons. The van der Waals surface area contributed by atoms with Gasteiger partial charge in [0.2, 0.25) is 0 Å². The first-order valence-electron chi connectivity index (χ1n) is 5.05. The second-order valence-electron chi connectivity index (χ2n) is 3.32. The van der Waals surface area contributed by atoms with Crippen LogP contribution in [0, 0.1) is 0 Å². The number of ketones is 1. The van der Waals surface area contributed by atoms with E-state index in [0.29, 0.717) is 10.6 Å². The van der Waals surface area contributed by atoms with E-state index in [0.717, 1.165) is 0 Å². The molecule has 0 bridgehead atoms. The summed E-state index contributed by atoms with van der Waals surface area (Å²) in [6.45, 7) is -0.0165. The zero-order chi connectivity index (χ0) is 12.7. The van der Waals surface area contributed by atoms with Crippen molar-refractivity contribution in [2.75, 3.05) is 13.7 Å². The molecule has 0 radical (unpaired) electrons. The maximum Gasteiger partial charge on any atom is 0.325 e. The molecule has 4 nitrogen and oxygen atoms in total. The van der Waals surface area contributed by atoms with E-state index in [1.165, 1.54) is 7.11 Å². The number of rotatable bonds is 5. The smallest absolute Gasteiger partial charge is 0.325 e. The van der Waals surface area contributed by atoms with E-state index in [9.17, 15) is 9.59 Å². The van der Waals surface area contributed by atoms with Crippen molar-refractivity contribution < 1.29 is 14.3 Å². The first-order chi connectivity index (χ1) is 8.13. The molecule has 0 aromatic heterocycles. The molecule has 0 spiro atoms. The Kier molecular flexibility index (Phi) is 5.29. The van der Waals surface area contributed by atoms with Crippen LogP contribution in [0.1, 0.15) is 16.8 Å². The Labute approximate surface area is 105 Å². The van der Waals surface area contributed by atoms with Gasteiger partial charge in [-0.3, -0.25) is 9.59 Å². The van der Waals surface area contributed by atoms with Gasteiger partial charge in [-0.1, -0.05) is 42.5 Å². The van der Waals surface area contributed by atoms with Crippen molar-refractivity contribution in [2.45, 2.75) is 6.42 Å². The Morgan fingerprint density at radius 3 is 2.53 bits per heavy atom. The Hall–Kier alpha value is -1.75. The van der Waals surface area contributed by atoms with E-state index < -0.39 is 5.97 Å². The number of thiocarbonyl (C=S) groups is 1. The summed E-state index contributed by atoms with van der Waals surface area (Å²) >= 11 is 4.96. The number of Topliss-reactive ketones (excluding diaryl/α,β-unsaturated/α-hetero) is 1. The normalized spacial score (nSPS) is 9.47. The van der Waals surface area contributed by atoms with Gasteiger partial charge in [-0.15, -0.1) is 0 Å². The molecule has 0 aliphatic heterocycles. The van der Waals surface area contributed by atoms with E-state index in [1.807, 2.05) is 6.07 Å². The minimum absolute atomic E-state index is 0.0165. The summed E-state index contributed by atoms with van der Waals surface area (Å²) in [6, 6.07) is 8.87. The Morgan fingerprint density at radius 2 is 1.94 bits per heavy atom. The SMILES string of the molecule is COC(=O)CNC(=S)CC(=O)c1ccccc1. The lowest BCUT2D eigenvalue weighted by atomic mass is 10.1. The number of methoxy groups -OCH3 is 1. The minimum Gasteiger partial charge on any atom is -0.468 e. The van der Waals surface area contributed by atoms with E-state index in [2.05, 4.69) is 10.1 Å².